The molecule has 0 bridgehead atoms. The molecule has 0 saturated carbocycles. The van der Waals surface area contributed by atoms with Crippen molar-refractivity contribution >= 4 is 44.1 Å². The van der Waals surface area contributed by atoms with E-state index in [1.54, 1.807) is 0 Å². The third-order valence-electron chi connectivity index (χ3n) is 2.34. The molecule has 0 saturated heterocycles. The van der Waals surface area contributed by atoms with Crippen LogP contribution in [0, 0.1) is 6.92 Å². The van der Waals surface area contributed by atoms with Crippen LogP contribution < -0.4 is 4.72 Å². The van der Waals surface area contributed by atoms with Crippen LogP contribution in [0.25, 0.3) is 0 Å². The van der Waals surface area contributed by atoms with Gasteiger partial charge in [0.15, 0.2) is 5.13 Å². The summed E-state index contributed by atoms with van der Waals surface area (Å²) in [5.74, 6) is -1.14. The summed E-state index contributed by atoms with van der Waals surface area (Å²) in [6, 6.07) is 5.60. The predicted octanol–water partition coefficient (Wildman–Crippen LogP) is 2.60. The van der Waals surface area contributed by atoms with E-state index in [0.717, 1.165) is 11.3 Å². The van der Waals surface area contributed by atoms with Gasteiger partial charge in [-0.3, -0.25) is 4.72 Å². The topological polar surface area (TPSA) is 96.4 Å². The van der Waals surface area contributed by atoms with Crippen molar-refractivity contribution in [3.8, 4) is 0 Å². The van der Waals surface area contributed by atoms with Crippen molar-refractivity contribution < 1.29 is 18.3 Å². The van der Waals surface area contributed by atoms with E-state index < -0.39 is 16.0 Å². The standard InChI is InChI=1S/C11H9ClN2O4S2/c1-6-9(10(15)16)19-11(13-6)14-20(17,18)8-4-2-7(12)3-5-8/h2-5H,1H3,(H,13,14)(H,15,16). The molecule has 2 aromatic rings. The maximum atomic E-state index is 12.1. The molecule has 0 fully saturated rings. The normalized spacial score (nSPS) is 11.3. The number of nitrogens with zero attached hydrogens (tertiary/aromatic N) is 1. The number of thiazole rings is 1. The average molecular weight is 333 g/mol. The van der Waals surface area contributed by atoms with E-state index in [4.69, 9.17) is 16.7 Å². The highest BCUT2D eigenvalue weighted by Crippen LogP contribution is 2.25. The number of aromatic carboxylic acids is 1. The minimum Gasteiger partial charge on any atom is -0.477 e. The van der Waals surface area contributed by atoms with Crippen molar-refractivity contribution in [2.45, 2.75) is 11.8 Å². The number of carboxylic acids is 1. The summed E-state index contributed by atoms with van der Waals surface area (Å²) in [7, 11) is -3.81. The van der Waals surface area contributed by atoms with E-state index in [1.165, 1.54) is 31.2 Å². The Balaban J connectivity index is 2.31. The molecule has 106 valence electrons. The number of rotatable bonds is 4. The quantitative estimate of drug-likeness (QED) is 0.897. The van der Waals surface area contributed by atoms with Gasteiger partial charge in [-0.2, -0.15) is 0 Å². The minimum absolute atomic E-state index is 0.00111. The van der Waals surface area contributed by atoms with Gasteiger partial charge in [-0.1, -0.05) is 22.9 Å². The van der Waals surface area contributed by atoms with Gasteiger partial charge in [0, 0.05) is 5.02 Å². The Bertz CT molecular complexity index is 753. The number of carboxylic acid groups (broad SMARTS) is 1. The lowest BCUT2D eigenvalue weighted by atomic mass is 10.4. The number of hydrogen-bond donors (Lipinski definition) is 2. The molecule has 2 N–H and O–H groups in total. The molecule has 1 heterocycles. The minimum atomic E-state index is -3.81. The molecule has 0 spiro atoms. The summed E-state index contributed by atoms with van der Waals surface area (Å²) in [6.07, 6.45) is 0. The monoisotopic (exact) mass is 332 g/mol. The lowest BCUT2D eigenvalue weighted by molar-refractivity contribution is 0.0701. The summed E-state index contributed by atoms with van der Waals surface area (Å²) < 4.78 is 26.4. The molecule has 1 aromatic heterocycles. The summed E-state index contributed by atoms with van der Waals surface area (Å²) in [6.45, 7) is 1.50. The van der Waals surface area contributed by atoms with Crippen molar-refractivity contribution in [2.24, 2.45) is 0 Å². The lowest BCUT2D eigenvalue weighted by Crippen LogP contribution is -2.12. The van der Waals surface area contributed by atoms with E-state index in [2.05, 4.69) is 9.71 Å². The van der Waals surface area contributed by atoms with E-state index >= 15 is 0 Å². The Morgan fingerprint density at radius 3 is 2.45 bits per heavy atom. The third kappa shape index (κ3) is 3.09. The summed E-state index contributed by atoms with van der Waals surface area (Å²) in [5.41, 5.74) is 0.260. The van der Waals surface area contributed by atoms with Crippen LogP contribution in [0.3, 0.4) is 0 Å². The zero-order chi connectivity index (χ0) is 14.9. The number of anilines is 1. The van der Waals surface area contributed by atoms with Crippen LogP contribution in [0.5, 0.6) is 0 Å². The highest BCUT2D eigenvalue weighted by atomic mass is 35.5. The van der Waals surface area contributed by atoms with Gasteiger partial charge in [-0.25, -0.2) is 18.2 Å². The maximum absolute atomic E-state index is 12.1. The van der Waals surface area contributed by atoms with Gasteiger partial charge < -0.3 is 5.11 Å². The van der Waals surface area contributed by atoms with Crippen molar-refractivity contribution in [1.29, 1.82) is 0 Å². The zero-order valence-electron chi connectivity index (χ0n) is 10.1. The number of sulfonamides is 1. The number of aromatic nitrogens is 1. The van der Waals surface area contributed by atoms with Crippen LogP contribution >= 0.6 is 22.9 Å². The smallest absolute Gasteiger partial charge is 0.347 e. The summed E-state index contributed by atoms with van der Waals surface area (Å²) in [5, 5.41) is 9.33. The Kier molecular flexibility index (Phi) is 3.98. The van der Waals surface area contributed by atoms with E-state index in [-0.39, 0.29) is 20.6 Å². The fourth-order valence-electron chi connectivity index (χ4n) is 1.43. The van der Waals surface area contributed by atoms with Gasteiger partial charge in [0.25, 0.3) is 10.0 Å². The second-order valence-electron chi connectivity index (χ2n) is 3.80. The molecular formula is C11H9ClN2O4S2. The first-order valence-electron chi connectivity index (χ1n) is 5.29. The average Bonchev–Trinajstić information content (AvgIpc) is 2.70. The number of halogens is 1. The molecule has 1 aromatic carbocycles. The number of aryl methyl sites for hydroxylation is 1. The summed E-state index contributed by atoms with van der Waals surface area (Å²) >= 11 is 6.46. The molecule has 0 aliphatic rings. The highest BCUT2D eigenvalue weighted by molar-refractivity contribution is 7.93. The molecule has 0 aliphatic carbocycles. The highest BCUT2D eigenvalue weighted by Gasteiger charge is 2.19. The van der Waals surface area contributed by atoms with E-state index in [9.17, 15) is 13.2 Å². The maximum Gasteiger partial charge on any atom is 0.347 e. The summed E-state index contributed by atoms with van der Waals surface area (Å²) in [4.78, 5) is 14.8. The van der Waals surface area contributed by atoms with Gasteiger partial charge in [-0.05, 0) is 31.2 Å². The Hall–Kier alpha value is -1.64. The first kappa shape index (κ1) is 14.8. The second-order valence-corrected chi connectivity index (χ2v) is 6.92. The molecule has 2 rings (SSSR count). The van der Waals surface area contributed by atoms with Crippen molar-refractivity contribution in [3.05, 3.63) is 39.9 Å². The molecule has 0 unspecified atom stereocenters. The zero-order valence-corrected chi connectivity index (χ0v) is 12.5. The van der Waals surface area contributed by atoms with Crippen LogP contribution in [0.4, 0.5) is 5.13 Å². The Labute approximate surface area is 124 Å². The van der Waals surface area contributed by atoms with Crippen LogP contribution in [-0.4, -0.2) is 24.5 Å². The Morgan fingerprint density at radius 1 is 1.35 bits per heavy atom. The molecule has 0 radical (unpaired) electrons. The van der Waals surface area contributed by atoms with Gasteiger partial charge >= 0.3 is 5.97 Å². The van der Waals surface area contributed by atoms with Gasteiger partial charge in [-0.15, -0.1) is 0 Å². The third-order valence-corrected chi connectivity index (χ3v) is 5.13. The molecule has 0 atom stereocenters. The van der Waals surface area contributed by atoms with Crippen LogP contribution in [0.1, 0.15) is 15.4 Å². The fraction of sp³-hybridized carbons (Fsp3) is 0.0909. The largest absolute Gasteiger partial charge is 0.477 e. The molecule has 20 heavy (non-hydrogen) atoms. The van der Waals surface area contributed by atoms with Crippen molar-refractivity contribution in [3.63, 3.8) is 0 Å². The molecule has 0 aliphatic heterocycles. The van der Waals surface area contributed by atoms with Crippen molar-refractivity contribution in [1.82, 2.24) is 4.98 Å². The predicted molar refractivity (Wildman–Crippen MR) is 76.1 cm³/mol. The first-order valence-corrected chi connectivity index (χ1v) is 7.96. The van der Waals surface area contributed by atoms with Crippen LogP contribution in [0.15, 0.2) is 29.2 Å². The number of hydrogen-bond acceptors (Lipinski definition) is 5. The van der Waals surface area contributed by atoms with E-state index in [1.807, 2.05) is 0 Å². The van der Waals surface area contributed by atoms with Gasteiger partial charge in [0.05, 0.1) is 10.6 Å². The van der Waals surface area contributed by atoms with Gasteiger partial charge in [0.2, 0.25) is 0 Å². The van der Waals surface area contributed by atoms with E-state index in [0.29, 0.717) is 5.02 Å². The molecule has 9 heteroatoms. The number of benzene rings is 1. The van der Waals surface area contributed by atoms with Crippen LogP contribution in [0.2, 0.25) is 5.02 Å². The van der Waals surface area contributed by atoms with Crippen LogP contribution in [-0.2, 0) is 10.0 Å². The number of carbonyl (C=O) groups is 1. The van der Waals surface area contributed by atoms with Gasteiger partial charge in [0.1, 0.15) is 4.88 Å². The Morgan fingerprint density at radius 2 is 1.95 bits per heavy atom. The first-order chi connectivity index (χ1) is 9.29. The second kappa shape index (κ2) is 5.39. The fourth-order valence-corrected chi connectivity index (χ4v) is 3.59. The van der Waals surface area contributed by atoms with Crippen molar-refractivity contribution in [2.75, 3.05) is 4.72 Å². The molecule has 6 nitrogen and oxygen atoms in total. The lowest BCUT2D eigenvalue weighted by Gasteiger charge is -2.04. The SMILES string of the molecule is Cc1nc(NS(=O)(=O)c2ccc(Cl)cc2)sc1C(=O)O. The number of nitrogens with one attached hydrogen (secondary N) is 1. The molecular weight excluding hydrogens is 324 g/mol. The molecule has 0 amide bonds.